The number of hydrogen-bond acceptors (Lipinski definition) is 2. The van der Waals surface area contributed by atoms with E-state index in [4.69, 9.17) is 5.73 Å². The number of anilines is 1. The highest BCUT2D eigenvalue weighted by molar-refractivity contribution is 9.10. The van der Waals surface area contributed by atoms with E-state index in [1.54, 1.807) is 0 Å². The summed E-state index contributed by atoms with van der Waals surface area (Å²) in [5, 5.41) is 0. The number of benzene rings is 1. The van der Waals surface area contributed by atoms with Crippen molar-refractivity contribution in [2.24, 2.45) is 11.7 Å². The Labute approximate surface area is 131 Å². The fourth-order valence-corrected chi connectivity index (χ4v) is 3.52. The highest BCUT2D eigenvalue weighted by Crippen LogP contribution is 2.32. The van der Waals surface area contributed by atoms with Gasteiger partial charge in [-0.3, -0.25) is 0 Å². The van der Waals surface area contributed by atoms with Gasteiger partial charge < -0.3 is 10.6 Å². The van der Waals surface area contributed by atoms with Gasteiger partial charge in [-0.25, -0.2) is 0 Å². The Morgan fingerprint density at radius 1 is 1.30 bits per heavy atom. The molecule has 1 aliphatic carbocycles. The van der Waals surface area contributed by atoms with Gasteiger partial charge in [-0.15, -0.1) is 0 Å². The van der Waals surface area contributed by atoms with E-state index in [0.717, 1.165) is 16.9 Å². The summed E-state index contributed by atoms with van der Waals surface area (Å²) in [5.74, 6) is 0.746. The quantitative estimate of drug-likeness (QED) is 0.814. The van der Waals surface area contributed by atoms with Gasteiger partial charge >= 0.3 is 0 Å². The summed E-state index contributed by atoms with van der Waals surface area (Å²) in [5.41, 5.74) is 8.57. The van der Waals surface area contributed by atoms with Crippen LogP contribution in [0.4, 0.5) is 5.69 Å². The molecule has 112 valence electrons. The molecule has 2 nitrogen and oxygen atoms in total. The summed E-state index contributed by atoms with van der Waals surface area (Å²) in [7, 11) is 0. The third kappa shape index (κ3) is 3.98. The SMILES string of the molecule is CC(C)CCN(c1ccc(Br)cc1CN)C1CCCC1. The Morgan fingerprint density at radius 2 is 2.00 bits per heavy atom. The molecule has 0 unspecified atom stereocenters. The minimum atomic E-state index is 0.611. The summed E-state index contributed by atoms with van der Waals surface area (Å²) in [6.45, 7) is 6.37. The zero-order chi connectivity index (χ0) is 14.5. The molecule has 0 amide bonds. The molecule has 2 rings (SSSR count). The van der Waals surface area contributed by atoms with E-state index in [2.05, 4.69) is 52.9 Å². The van der Waals surface area contributed by atoms with E-state index in [1.807, 2.05) is 0 Å². The van der Waals surface area contributed by atoms with Gasteiger partial charge in [0.25, 0.3) is 0 Å². The molecule has 0 bridgehead atoms. The van der Waals surface area contributed by atoms with E-state index in [9.17, 15) is 0 Å². The van der Waals surface area contributed by atoms with Crippen molar-refractivity contribution >= 4 is 21.6 Å². The van der Waals surface area contributed by atoms with Crippen molar-refractivity contribution in [1.29, 1.82) is 0 Å². The first-order valence-corrected chi connectivity index (χ1v) is 8.66. The van der Waals surface area contributed by atoms with Crippen LogP contribution in [0.25, 0.3) is 0 Å². The van der Waals surface area contributed by atoms with Crippen molar-refractivity contribution in [2.45, 2.75) is 58.5 Å². The fourth-order valence-electron chi connectivity index (χ4n) is 3.11. The molecule has 0 aromatic heterocycles. The van der Waals surface area contributed by atoms with Crippen LogP contribution in [-0.4, -0.2) is 12.6 Å². The molecule has 1 saturated carbocycles. The molecular weight excluding hydrogens is 312 g/mol. The number of hydrogen-bond donors (Lipinski definition) is 1. The Hall–Kier alpha value is -0.540. The minimum absolute atomic E-state index is 0.611. The normalized spacial score (nSPS) is 16.1. The molecule has 1 aromatic rings. The number of halogens is 1. The molecule has 3 heteroatoms. The van der Waals surface area contributed by atoms with Crippen molar-refractivity contribution in [3.8, 4) is 0 Å². The molecule has 0 heterocycles. The lowest BCUT2D eigenvalue weighted by molar-refractivity contribution is 0.527. The van der Waals surface area contributed by atoms with Gasteiger partial charge in [0.05, 0.1) is 0 Å². The lowest BCUT2D eigenvalue weighted by Crippen LogP contribution is -2.35. The molecule has 0 saturated heterocycles. The van der Waals surface area contributed by atoms with Gasteiger partial charge in [0.2, 0.25) is 0 Å². The molecule has 2 N–H and O–H groups in total. The highest BCUT2D eigenvalue weighted by Gasteiger charge is 2.24. The second-order valence-electron chi connectivity index (χ2n) is 6.29. The van der Waals surface area contributed by atoms with Crippen LogP contribution in [0.1, 0.15) is 51.5 Å². The van der Waals surface area contributed by atoms with Gasteiger partial charge in [-0.05, 0) is 48.9 Å². The highest BCUT2D eigenvalue weighted by atomic mass is 79.9. The first-order chi connectivity index (χ1) is 9.61. The maximum absolute atomic E-state index is 5.96. The van der Waals surface area contributed by atoms with Crippen LogP contribution in [-0.2, 0) is 6.54 Å². The van der Waals surface area contributed by atoms with Crippen molar-refractivity contribution in [2.75, 3.05) is 11.4 Å². The van der Waals surface area contributed by atoms with Crippen LogP contribution < -0.4 is 10.6 Å². The van der Waals surface area contributed by atoms with Crippen molar-refractivity contribution < 1.29 is 0 Å². The summed E-state index contributed by atoms with van der Waals surface area (Å²) in [4.78, 5) is 2.63. The summed E-state index contributed by atoms with van der Waals surface area (Å²) in [6, 6.07) is 7.27. The van der Waals surface area contributed by atoms with Gasteiger partial charge in [0.1, 0.15) is 0 Å². The fraction of sp³-hybridized carbons (Fsp3) is 0.647. The largest absolute Gasteiger partial charge is 0.368 e. The van der Waals surface area contributed by atoms with Crippen LogP contribution in [0.15, 0.2) is 22.7 Å². The topological polar surface area (TPSA) is 29.3 Å². The summed E-state index contributed by atoms with van der Waals surface area (Å²) >= 11 is 3.56. The average molecular weight is 339 g/mol. The van der Waals surface area contributed by atoms with E-state index in [1.165, 1.54) is 43.4 Å². The standard InChI is InChI=1S/C17H27BrN2/c1-13(2)9-10-20(16-5-3-4-6-16)17-8-7-15(18)11-14(17)12-19/h7-8,11,13,16H,3-6,9-10,12,19H2,1-2H3. The van der Waals surface area contributed by atoms with Crippen LogP contribution in [0.2, 0.25) is 0 Å². The smallest absolute Gasteiger partial charge is 0.0415 e. The van der Waals surface area contributed by atoms with Crippen molar-refractivity contribution in [3.63, 3.8) is 0 Å². The average Bonchev–Trinajstić information content (AvgIpc) is 2.94. The molecule has 0 radical (unpaired) electrons. The Balaban J connectivity index is 2.24. The third-order valence-electron chi connectivity index (χ3n) is 4.28. The Kier molecular flexibility index (Phi) is 5.91. The molecule has 1 fully saturated rings. The first kappa shape index (κ1) is 15.8. The second-order valence-corrected chi connectivity index (χ2v) is 7.21. The van der Waals surface area contributed by atoms with E-state index >= 15 is 0 Å². The predicted molar refractivity (Wildman–Crippen MR) is 91.1 cm³/mol. The molecule has 0 spiro atoms. The van der Waals surface area contributed by atoms with Gasteiger partial charge in [0.15, 0.2) is 0 Å². The molecule has 0 atom stereocenters. The lowest BCUT2D eigenvalue weighted by atomic mass is 10.1. The number of nitrogens with zero attached hydrogens (tertiary/aromatic N) is 1. The molecule has 0 aliphatic heterocycles. The Bertz CT molecular complexity index is 425. The Morgan fingerprint density at radius 3 is 2.60 bits per heavy atom. The number of nitrogens with two attached hydrogens (primary N) is 1. The van der Waals surface area contributed by atoms with Gasteiger partial charge in [-0.2, -0.15) is 0 Å². The van der Waals surface area contributed by atoms with Crippen molar-refractivity contribution in [1.82, 2.24) is 0 Å². The maximum atomic E-state index is 5.96. The lowest BCUT2D eigenvalue weighted by Gasteiger charge is -2.33. The molecule has 20 heavy (non-hydrogen) atoms. The van der Waals surface area contributed by atoms with E-state index in [-0.39, 0.29) is 0 Å². The van der Waals surface area contributed by atoms with Crippen molar-refractivity contribution in [3.05, 3.63) is 28.2 Å². The summed E-state index contributed by atoms with van der Waals surface area (Å²) < 4.78 is 1.12. The van der Waals surface area contributed by atoms with E-state index in [0.29, 0.717) is 12.6 Å². The monoisotopic (exact) mass is 338 g/mol. The second kappa shape index (κ2) is 7.46. The van der Waals surface area contributed by atoms with Crippen LogP contribution in [0.5, 0.6) is 0 Å². The molecule has 1 aliphatic rings. The van der Waals surface area contributed by atoms with Crippen LogP contribution in [0.3, 0.4) is 0 Å². The predicted octanol–water partition coefficient (Wildman–Crippen LogP) is 4.70. The summed E-state index contributed by atoms with van der Waals surface area (Å²) in [6.07, 6.45) is 6.65. The third-order valence-corrected chi connectivity index (χ3v) is 4.78. The van der Waals surface area contributed by atoms with Gasteiger partial charge in [0, 0.05) is 29.3 Å². The molecular formula is C17H27BrN2. The zero-order valence-electron chi connectivity index (χ0n) is 12.7. The number of rotatable bonds is 6. The van der Waals surface area contributed by atoms with Crippen LogP contribution >= 0.6 is 15.9 Å². The zero-order valence-corrected chi connectivity index (χ0v) is 14.3. The van der Waals surface area contributed by atoms with Gasteiger partial charge in [-0.1, -0.05) is 42.6 Å². The molecule has 1 aromatic carbocycles. The minimum Gasteiger partial charge on any atom is -0.368 e. The maximum Gasteiger partial charge on any atom is 0.0415 e. The van der Waals surface area contributed by atoms with E-state index < -0.39 is 0 Å². The van der Waals surface area contributed by atoms with Crippen LogP contribution in [0, 0.1) is 5.92 Å². The first-order valence-electron chi connectivity index (χ1n) is 7.87.